The summed E-state index contributed by atoms with van der Waals surface area (Å²) in [6.07, 6.45) is -10.2. The van der Waals surface area contributed by atoms with Gasteiger partial charge in [-0.1, -0.05) is 0 Å². The van der Waals surface area contributed by atoms with Gasteiger partial charge in [-0.25, -0.2) is 8.42 Å². The summed E-state index contributed by atoms with van der Waals surface area (Å²) in [4.78, 5) is 20.3. The second-order valence-corrected chi connectivity index (χ2v) is 7.67. The second kappa shape index (κ2) is 7.06. The monoisotopic (exact) mass is 440 g/mol. The number of sulfone groups is 1. The van der Waals surface area contributed by atoms with Gasteiger partial charge in [0.1, 0.15) is 0 Å². The number of carbonyl (C=O) groups excluding carboxylic acids is 2. The SMILES string of the molecule is NC(=O)c1cc(C(F)(F)F)cc(S(=O)(=O)c2cc(C(N)=O)cc(C(F)(F)F)c2)c1. The highest BCUT2D eigenvalue weighted by Crippen LogP contribution is 2.36. The average Bonchev–Trinajstić information content (AvgIpc) is 2.59. The van der Waals surface area contributed by atoms with E-state index in [1.165, 1.54) is 0 Å². The standard InChI is InChI=1S/C16H10F6N2O4S/c17-15(18,19)9-1-7(13(23)25)3-11(5-9)29(27,28)12-4-8(14(24)26)2-10(6-12)16(20,21)22/h1-6H,(H2,23,25)(H2,24,26). The Morgan fingerprint density at radius 2 is 0.966 bits per heavy atom. The normalized spacial score (nSPS) is 12.6. The third-order valence-corrected chi connectivity index (χ3v) is 5.37. The van der Waals surface area contributed by atoms with Crippen LogP contribution in [0.25, 0.3) is 0 Å². The molecule has 0 aliphatic rings. The molecule has 4 N–H and O–H groups in total. The Morgan fingerprint density at radius 3 is 1.21 bits per heavy atom. The van der Waals surface area contributed by atoms with E-state index in [1.807, 2.05) is 0 Å². The minimum absolute atomic E-state index is 0.131. The van der Waals surface area contributed by atoms with Crippen LogP contribution < -0.4 is 11.5 Å². The first-order chi connectivity index (χ1) is 13.0. The lowest BCUT2D eigenvalue weighted by Crippen LogP contribution is -2.17. The zero-order valence-corrected chi connectivity index (χ0v) is 14.7. The second-order valence-electron chi connectivity index (χ2n) is 5.72. The van der Waals surface area contributed by atoms with Crippen LogP contribution in [0.1, 0.15) is 31.8 Å². The fourth-order valence-corrected chi connectivity index (χ4v) is 3.66. The Morgan fingerprint density at radius 1 is 0.655 bits per heavy atom. The molecule has 156 valence electrons. The van der Waals surface area contributed by atoms with Crippen molar-refractivity contribution in [3.8, 4) is 0 Å². The molecule has 0 radical (unpaired) electrons. The fourth-order valence-electron chi connectivity index (χ4n) is 2.26. The number of amides is 2. The molecule has 0 bridgehead atoms. The lowest BCUT2D eigenvalue weighted by molar-refractivity contribution is -0.138. The minimum Gasteiger partial charge on any atom is -0.366 e. The van der Waals surface area contributed by atoms with Crippen LogP contribution in [-0.2, 0) is 22.2 Å². The number of carbonyl (C=O) groups is 2. The summed E-state index contributed by atoms with van der Waals surface area (Å²) in [5.41, 5.74) is 5.03. The molecule has 0 saturated carbocycles. The molecular formula is C16H10F6N2O4S. The number of hydrogen-bond acceptors (Lipinski definition) is 4. The predicted octanol–water partition coefficient (Wildman–Crippen LogP) is 2.75. The third-order valence-electron chi connectivity index (χ3n) is 3.66. The Kier molecular flexibility index (Phi) is 5.41. The number of alkyl halides is 6. The Labute approximate surface area is 159 Å². The molecule has 0 heterocycles. The van der Waals surface area contributed by atoms with Gasteiger partial charge < -0.3 is 11.5 Å². The molecule has 2 aromatic rings. The van der Waals surface area contributed by atoms with Crippen molar-refractivity contribution in [3.05, 3.63) is 58.7 Å². The van der Waals surface area contributed by atoms with E-state index in [9.17, 15) is 44.3 Å². The number of halogens is 6. The summed E-state index contributed by atoms with van der Waals surface area (Å²) in [5.74, 6) is -2.79. The number of rotatable bonds is 4. The fraction of sp³-hybridized carbons (Fsp3) is 0.125. The van der Waals surface area contributed by atoms with E-state index in [4.69, 9.17) is 11.5 Å². The van der Waals surface area contributed by atoms with Gasteiger partial charge in [-0.15, -0.1) is 0 Å². The van der Waals surface area contributed by atoms with E-state index in [0.717, 1.165) is 0 Å². The highest BCUT2D eigenvalue weighted by molar-refractivity contribution is 7.91. The smallest absolute Gasteiger partial charge is 0.366 e. The summed E-state index contributed by atoms with van der Waals surface area (Å²) in [5, 5.41) is 0. The molecule has 0 spiro atoms. The van der Waals surface area contributed by atoms with E-state index in [2.05, 4.69) is 0 Å². The highest BCUT2D eigenvalue weighted by atomic mass is 32.2. The van der Waals surface area contributed by atoms with Gasteiger partial charge in [-0.2, -0.15) is 26.3 Å². The van der Waals surface area contributed by atoms with Crippen molar-refractivity contribution in [2.75, 3.05) is 0 Å². The summed E-state index contributed by atoms with van der Waals surface area (Å²) in [6, 6.07) is 1.82. The van der Waals surface area contributed by atoms with E-state index >= 15 is 0 Å². The number of benzene rings is 2. The van der Waals surface area contributed by atoms with Gasteiger partial charge in [0.25, 0.3) is 0 Å². The van der Waals surface area contributed by atoms with Crippen LogP contribution in [0.5, 0.6) is 0 Å². The van der Waals surface area contributed by atoms with Crippen LogP contribution >= 0.6 is 0 Å². The molecule has 0 fully saturated rings. The molecule has 0 aliphatic heterocycles. The van der Waals surface area contributed by atoms with Crippen molar-refractivity contribution >= 4 is 21.7 Å². The number of primary amides is 2. The molecule has 0 atom stereocenters. The quantitative estimate of drug-likeness (QED) is 0.711. The van der Waals surface area contributed by atoms with Crippen LogP contribution in [0.4, 0.5) is 26.3 Å². The molecule has 2 rings (SSSR count). The van der Waals surface area contributed by atoms with Crippen molar-refractivity contribution in [3.63, 3.8) is 0 Å². The van der Waals surface area contributed by atoms with E-state index in [1.54, 1.807) is 0 Å². The molecule has 6 nitrogen and oxygen atoms in total. The molecule has 0 aromatic heterocycles. The zero-order chi connectivity index (χ0) is 22.4. The van der Waals surface area contributed by atoms with Crippen LogP contribution in [0.2, 0.25) is 0 Å². The maximum Gasteiger partial charge on any atom is 0.416 e. The van der Waals surface area contributed by atoms with E-state index in [0.29, 0.717) is 24.3 Å². The first kappa shape index (κ1) is 22.2. The van der Waals surface area contributed by atoms with Crippen LogP contribution in [-0.4, -0.2) is 20.2 Å². The van der Waals surface area contributed by atoms with Gasteiger partial charge in [-0.05, 0) is 36.4 Å². The largest absolute Gasteiger partial charge is 0.416 e. The summed E-state index contributed by atoms with van der Waals surface area (Å²) >= 11 is 0. The van der Waals surface area contributed by atoms with Gasteiger partial charge in [0, 0.05) is 11.1 Å². The third kappa shape index (κ3) is 4.67. The maximum absolute atomic E-state index is 13.0. The van der Waals surface area contributed by atoms with Gasteiger partial charge in [0.15, 0.2) is 0 Å². The van der Waals surface area contributed by atoms with Crippen LogP contribution in [0, 0.1) is 0 Å². The van der Waals surface area contributed by atoms with Crippen LogP contribution in [0.3, 0.4) is 0 Å². The van der Waals surface area contributed by atoms with Crippen molar-refractivity contribution in [1.29, 1.82) is 0 Å². The summed E-state index contributed by atoms with van der Waals surface area (Å²) < 4.78 is 104. The van der Waals surface area contributed by atoms with Gasteiger partial charge in [-0.3, -0.25) is 9.59 Å². The molecule has 29 heavy (non-hydrogen) atoms. The van der Waals surface area contributed by atoms with Gasteiger partial charge in [0.05, 0.1) is 20.9 Å². The topological polar surface area (TPSA) is 120 Å². The lowest BCUT2D eigenvalue weighted by atomic mass is 10.1. The molecule has 0 unspecified atom stereocenters. The van der Waals surface area contributed by atoms with E-state index in [-0.39, 0.29) is 12.1 Å². The van der Waals surface area contributed by atoms with E-state index < -0.39 is 66.0 Å². The first-order valence-corrected chi connectivity index (χ1v) is 8.81. The molecule has 2 aromatic carbocycles. The Hall–Kier alpha value is -3.09. The zero-order valence-electron chi connectivity index (χ0n) is 13.9. The van der Waals surface area contributed by atoms with Crippen molar-refractivity contribution in [2.45, 2.75) is 22.1 Å². The van der Waals surface area contributed by atoms with Crippen LogP contribution in [0.15, 0.2) is 46.2 Å². The van der Waals surface area contributed by atoms with Crippen molar-refractivity contribution in [1.82, 2.24) is 0 Å². The molecule has 13 heteroatoms. The van der Waals surface area contributed by atoms with Gasteiger partial charge in [0.2, 0.25) is 21.7 Å². The summed E-state index contributed by atoms with van der Waals surface area (Å²) in [7, 11) is -5.03. The number of hydrogen-bond donors (Lipinski definition) is 2. The highest BCUT2D eigenvalue weighted by Gasteiger charge is 2.36. The maximum atomic E-state index is 13.0. The predicted molar refractivity (Wildman–Crippen MR) is 85.4 cm³/mol. The minimum atomic E-state index is -5.08. The molecular weight excluding hydrogens is 430 g/mol. The summed E-state index contributed by atoms with van der Waals surface area (Å²) in [6.45, 7) is 0. The van der Waals surface area contributed by atoms with Crippen molar-refractivity contribution in [2.24, 2.45) is 11.5 Å². The van der Waals surface area contributed by atoms with Gasteiger partial charge >= 0.3 is 12.4 Å². The molecule has 0 saturated heterocycles. The lowest BCUT2D eigenvalue weighted by Gasteiger charge is -2.14. The Bertz CT molecular complexity index is 1030. The Balaban J connectivity index is 2.82. The first-order valence-electron chi connectivity index (χ1n) is 7.33. The van der Waals surface area contributed by atoms with Crippen molar-refractivity contribution < 1.29 is 44.3 Å². The number of nitrogens with two attached hydrogens (primary N) is 2. The molecule has 0 aliphatic carbocycles. The average molecular weight is 440 g/mol. The molecule has 2 amide bonds.